The highest BCUT2D eigenvalue weighted by Crippen LogP contribution is 2.30. The van der Waals surface area contributed by atoms with E-state index >= 15 is 0 Å². The molecule has 0 aromatic heterocycles. The van der Waals surface area contributed by atoms with Crippen LogP contribution in [-0.4, -0.2) is 69.9 Å². The molecule has 220 valence electrons. The number of ether oxygens (including phenoxy) is 4. The smallest absolute Gasteiger partial charge is 0.477 e. The number of rotatable bonds is 18. The van der Waals surface area contributed by atoms with Gasteiger partial charge in [0.05, 0.1) is 28.4 Å². The first-order valence-electron chi connectivity index (χ1n) is 13.1. The molecule has 0 aromatic rings. The van der Waals surface area contributed by atoms with Gasteiger partial charge in [0.2, 0.25) is 46.2 Å². The minimum atomic E-state index is -0.362. The van der Waals surface area contributed by atoms with E-state index in [9.17, 15) is 24.1 Å². The van der Waals surface area contributed by atoms with Gasteiger partial charge in [0.1, 0.15) is 4.91 Å². The summed E-state index contributed by atoms with van der Waals surface area (Å²) < 4.78 is 20.2. The maximum atomic E-state index is 12.6. The Balaban J connectivity index is 1.61. The van der Waals surface area contributed by atoms with Gasteiger partial charge in [-0.05, 0) is 65.2 Å². The fraction of sp³-hybridized carbons (Fsp3) is 0.571. The van der Waals surface area contributed by atoms with Gasteiger partial charge in [-0.1, -0.05) is 0 Å². The lowest BCUT2D eigenvalue weighted by atomic mass is 9.89. The molecule has 0 unspecified atom stereocenters. The van der Waals surface area contributed by atoms with E-state index in [-0.39, 0.29) is 64.5 Å². The van der Waals surface area contributed by atoms with Crippen LogP contribution in [0.5, 0.6) is 0 Å². The molecule has 2 rings (SSSR count). The van der Waals surface area contributed by atoms with Gasteiger partial charge < -0.3 is 18.9 Å². The Labute approximate surface area is 233 Å². The molecular weight excluding hydrogens is 526 g/mol. The van der Waals surface area contributed by atoms with Gasteiger partial charge in [0.15, 0.2) is 13.2 Å². The van der Waals surface area contributed by atoms with Gasteiger partial charge in [-0.25, -0.2) is 0 Å². The van der Waals surface area contributed by atoms with Gasteiger partial charge in [0, 0.05) is 22.3 Å². The summed E-state index contributed by atoms with van der Waals surface area (Å²) in [5.74, 6) is -1.76. The van der Waals surface area contributed by atoms with Gasteiger partial charge in [-0.15, -0.1) is 0 Å². The number of unbranched alkanes of at least 4 members (excludes halogenated alkanes) is 4. The first kappa shape index (κ1) is 32.3. The average molecular weight is 565 g/mol. The van der Waals surface area contributed by atoms with Gasteiger partial charge in [0.25, 0.3) is 0 Å². The topological polar surface area (TPSA) is 144 Å². The Morgan fingerprint density at radius 1 is 0.500 bits per heavy atom. The van der Waals surface area contributed by atoms with E-state index < -0.39 is 0 Å². The molecule has 0 amide bonds. The van der Waals surface area contributed by atoms with Crippen LogP contribution in [0.2, 0.25) is 0 Å². The van der Waals surface area contributed by atoms with Gasteiger partial charge in [-0.3, -0.25) is 19.2 Å². The zero-order valence-corrected chi connectivity index (χ0v) is 24.0. The molecule has 0 bridgehead atoms. The molecule has 0 radical (unpaired) electrons. The number of carbonyl (C=O) groups is 4. The van der Waals surface area contributed by atoms with Gasteiger partial charge in [-0.2, -0.15) is 9.68 Å². The largest absolute Gasteiger partial charge is 0.489 e. The summed E-state index contributed by atoms with van der Waals surface area (Å²) in [6.45, 7) is 3.45. The molecule has 0 fully saturated rings. The van der Waals surface area contributed by atoms with Gasteiger partial charge >= 0.3 is 5.09 Å². The molecule has 40 heavy (non-hydrogen) atoms. The lowest BCUT2D eigenvalue weighted by Gasteiger charge is -2.20. The predicted octanol–water partition coefficient (Wildman–Crippen LogP) is 3.69. The average Bonchev–Trinajstić information content (AvgIpc) is 2.94. The monoisotopic (exact) mass is 564 g/mol. The van der Waals surface area contributed by atoms with E-state index in [0.717, 1.165) is 0 Å². The van der Waals surface area contributed by atoms with Crippen LogP contribution in [0, 0.1) is 4.91 Å². The normalized spacial score (nSPS) is 16.1. The minimum absolute atomic E-state index is 0.0792. The number of methoxy groups -OCH3 is 4. The summed E-state index contributed by atoms with van der Waals surface area (Å²) >= 11 is 0. The van der Waals surface area contributed by atoms with Crippen molar-refractivity contribution < 1.29 is 52.9 Å². The van der Waals surface area contributed by atoms with Crippen molar-refractivity contribution in [1.82, 2.24) is 0 Å². The fourth-order valence-electron chi connectivity index (χ4n) is 4.46. The molecule has 0 N–H and O–H groups in total. The number of Topliss-reactive ketones (excluding diaryl/α,β-unsaturated/α-hetero) is 4. The molecule has 2 aliphatic rings. The Kier molecular flexibility index (Phi) is 12.6. The standard InChI is InChI=1S/C28H38NO11/c1-17-19(23(32)27(37-5)25(35-3)21(17)30)13-9-7-11-15-39-29(34)40-16-12-8-10-14-20-18(2)22(31)26(36-4)28(38-6)24(20)33/h7-16H2,1-6H3/q+1. The molecule has 0 aliphatic heterocycles. The van der Waals surface area contributed by atoms with Crippen LogP contribution in [0.3, 0.4) is 0 Å². The van der Waals surface area contributed by atoms with E-state index in [1.165, 1.54) is 28.4 Å². The molecule has 0 saturated heterocycles. The molecule has 0 heterocycles. The van der Waals surface area contributed by atoms with Crippen molar-refractivity contribution in [2.24, 2.45) is 0 Å². The third kappa shape index (κ3) is 7.57. The predicted molar refractivity (Wildman–Crippen MR) is 140 cm³/mol. The zero-order chi connectivity index (χ0) is 29.8. The third-order valence-corrected chi connectivity index (χ3v) is 6.72. The second kappa shape index (κ2) is 15.6. The third-order valence-electron chi connectivity index (χ3n) is 6.72. The molecule has 0 atom stereocenters. The number of hydrogen-bond donors (Lipinski definition) is 0. The van der Waals surface area contributed by atoms with E-state index in [4.69, 9.17) is 28.6 Å². The highest BCUT2D eigenvalue weighted by molar-refractivity contribution is 6.24. The Morgan fingerprint density at radius 3 is 1.15 bits per heavy atom. The van der Waals surface area contributed by atoms with Crippen LogP contribution in [-0.2, 0) is 47.8 Å². The maximum Gasteiger partial charge on any atom is 0.477 e. The van der Waals surface area contributed by atoms with Crippen molar-refractivity contribution in [1.29, 1.82) is 0 Å². The number of allylic oxidation sites excluding steroid dienone is 4. The summed E-state index contributed by atoms with van der Waals surface area (Å²) in [4.78, 5) is 71.8. The highest BCUT2D eigenvalue weighted by Gasteiger charge is 2.35. The molecule has 12 heteroatoms. The summed E-state index contributed by atoms with van der Waals surface area (Å²) in [6.07, 6.45) is 4.46. The van der Waals surface area contributed by atoms with E-state index in [2.05, 4.69) is 0 Å². The van der Waals surface area contributed by atoms with E-state index in [1.807, 2.05) is 0 Å². The van der Waals surface area contributed by atoms with E-state index in [0.29, 0.717) is 73.7 Å². The van der Waals surface area contributed by atoms with Crippen molar-refractivity contribution in [2.75, 3.05) is 41.7 Å². The molecular formula is C28H38NO11+. The summed E-state index contributed by atoms with van der Waals surface area (Å²) in [7, 11) is 5.28. The van der Waals surface area contributed by atoms with Crippen molar-refractivity contribution in [3.63, 3.8) is 0 Å². The SMILES string of the molecule is COC1=C(OC)C(=O)C(CCCCCO[N+](=O)OCCCCCC2=C(C)C(=O)C(OC)=C(OC)C2=O)=C(C)C1=O. The molecule has 0 saturated carbocycles. The summed E-state index contributed by atoms with van der Waals surface area (Å²) in [5.41, 5.74) is 1.50. The number of ketones is 4. The van der Waals surface area contributed by atoms with Crippen LogP contribution >= 0.6 is 0 Å². The number of nitrogens with zero attached hydrogens (tertiary/aromatic N) is 1. The first-order chi connectivity index (χ1) is 19.1. The van der Waals surface area contributed by atoms with Crippen LogP contribution in [0.15, 0.2) is 45.3 Å². The number of hydrogen-bond acceptors (Lipinski definition) is 11. The minimum Gasteiger partial charge on any atom is -0.489 e. The molecule has 0 spiro atoms. The molecule has 2 aliphatic carbocycles. The Hall–Kier alpha value is -3.96. The van der Waals surface area contributed by atoms with Crippen molar-refractivity contribution in [3.8, 4) is 0 Å². The fourth-order valence-corrected chi connectivity index (χ4v) is 4.46. The first-order valence-corrected chi connectivity index (χ1v) is 13.1. The maximum absolute atomic E-state index is 12.6. The summed E-state index contributed by atoms with van der Waals surface area (Å²) in [6, 6.07) is 0. The summed E-state index contributed by atoms with van der Waals surface area (Å²) in [5, 5.41) is 0.0792. The number of carbonyl (C=O) groups excluding carboxylic acids is 4. The Bertz CT molecular complexity index is 1070. The second-order valence-electron chi connectivity index (χ2n) is 9.17. The zero-order valence-electron chi connectivity index (χ0n) is 24.0. The van der Waals surface area contributed by atoms with Crippen molar-refractivity contribution >= 4 is 23.1 Å². The lowest BCUT2D eigenvalue weighted by Crippen LogP contribution is -2.25. The van der Waals surface area contributed by atoms with E-state index in [1.54, 1.807) is 13.8 Å². The van der Waals surface area contributed by atoms with Crippen molar-refractivity contribution in [2.45, 2.75) is 65.2 Å². The quantitative estimate of drug-likeness (QED) is 0.137. The second-order valence-corrected chi connectivity index (χ2v) is 9.17. The Morgan fingerprint density at radius 2 is 0.825 bits per heavy atom. The van der Waals surface area contributed by atoms with Crippen LogP contribution in [0.1, 0.15) is 65.2 Å². The van der Waals surface area contributed by atoms with Crippen LogP contribution in [0.25, 0.3) is 0 Å². The molecule has 12 nitrogen and oxygen atoms in total. The van der Waals surface area contributed by atoms with Crippen molar-refractivity contribution in [3.05, 3.63) is 50.2 Å². The van der Waals surface area contributed by atoms with Crippen LogP contribution < -0.4 is 0 Å². The highest BCUT2D eigenvalue weighted by atomic mass is 17.0. The lowest BCUT2D eigenvalue weighted by molar-refractivity contribution is -0.981. The van der Waals surface area contributed by atoms with Crippen LogP contribution in [0.4, 0.5) is 0 Å². The molecule has 0 aromatic carbocycles.